The van der Waals surface area contributed by atoms with Crippen LogP contribution in [0.3, 0.4) is 0 Å². The Hall–Kier alpha value is -4.07. The number of fused-ring (bicyclic) bond motifs is 3. The number of phenols is 1. The van der Waals surface area contributed by atoms with Gasteiger partial charge in [-0.15, -0.1) is 11.3 Å². The molecule has 0 spiro atoms. The summed E-state index contributed by atoms with van der Waals surface area (Å²) < 4.78 is 17.8. The van der Waals surface area contributed by atoms with Gasteiger partial charge in [0.15, 0.2) is 11.5 Å². The molecule has 3 aliphatic heterocycles. The summed E-state index contributed by atoms with van der Waals surface area (Å²) in [4.78, 5) is 29.3. The van der Waals surface area contributed by atoms with Gasteiger partial charge in [-0.05, 0) is 85.3 Å². The van der Waals surface area contributed by atoms with E-state index in [0.29, 0.717) is 51.1 Å². The molecule has 11 nitrogen and oxygen atoms in total. The second-order valence-corrected chi connectivity index (χ2v) is 14.4. The molecule has 0 radical (unpaired) electrons. The van der Waals surface area contributed by atoms with E-state index in [4.69, 9.17) is 37.4 Å². The second kappa shape index (κ2) is 15.4. The van der Waals surface area contributed by atoms with Crippen molar-refractivity contribution < 1.29 is 44.0 Å². The summed E-state index contributed by atoms with van der Waals surface area (Å²) in [5.74, 6) is -1.20. The van der Waals surface area contributed by atoms with Gasteiger partial charge in [0.25, 0.3) is 0 Å². The van der Waals surface area contributed by atoms with Gasteiger partial charge in [-0.25, -0.2) is 4.79 Å². The van der Waals surface area contributed by atoms with Gasteiger partial charge in [0.05, 0.1) is 25.1 Å². The highest BCUT2D eigenvalue weighted by molar-refractivity contribution is 7.14. The smallest absolute Gasteiger partial charge is 0.328 e. The fourth-order valence-electron chi connectivity index (χ4n) is 6.89. The quantitative estimate of drug-likeness (QED) is 0.102. The molecule has 3 saturated heterocycles. The van der Waals surface area contributed by atoms with Crippen LogP contribution < -0.4 is 24.6 Å². The number of carboxylic acids is 1. The third-order valence-electron chi connectivity index (χ3n) is 9.44. The number of piperidine rings is 3. The van der Waals surface area contributed by atoms with Crippen molar-refractivity contribution in [2.45, 2.75) is 43.9 Å². The predicted octanol–water partition coefficient (Wildman–Crippen LogP) is 4.51. The Balaban J connectivity index is 1.34. The maximum absolute atomic E-state index is 13.7. The Morgan fingerprint density at radius 1 is 1.04 bits per heavy atom. The Morgan fingerprint density at radius 2 is 1.76 bits per heavy atom. The van der Waals surface area contributed by atoms with Crippen molar-refractivity contribution in [2.75, 3.05) is 33.9 Å². The molecule has 0 amide bonds. The molecule has 0 aliphatic carbocycles. The molecule has 264 valence electrons. The summed E-state index contributed by atoms with van der Waals surface area (Å²) in [5, 5.41) is 36.5. The summed E-state index contributed by atoms with van der Waals surface area (Å²) in [6.07, 6.45) is 4.50. The molecule has 3 atom stereocenters. The zero-order valence-electron chi connectivity index (χ0n) is 27.4. The highest BCUT2D eigenvalue weighted by Crippen LogP contribution is 2.41. The minimum Gasteiger partial charge on any atom is -0.544 e. The number of esters is 1. The van der Waals surface area contributed by atoms with Crippen LogP contribution in [0.1, 0.15) is 61.6 Å². The van der Waals surface area contributed by atoms with Crippen LogP contribution in [0.5, 0.6) is 17.2 Å². The van der Waals surface area contributed by atoms with Gasteiger partial charge in [-0.2, -0.15) is 0 Å². The molecule has 3 aliphatic rings. The highest BCUT2D eigenvalue weighted by Gasteiger charge is 2.38. The molecule has 0 saturated carbocycles. The van der Waals surface area contributed by atoms with Gasteiger partial charge < -0.3 is 29.2 Å². The van der Waals surface area contributed by atoms with E-state index in [9.17, 15) is 25.0 Å². The lowest BCUT2D eigenvalue weighted by Gasteiger charge is -2.44. The molecule has 2 bridgehead atoms. The molecule has 50 heavy (non-hydrogen) atoms. The molecule has 5 heterocycles. The number of nitrogens with one attached hydrogen (secondary N) is 1. The summed E-state index contributed by atoms with van der Waals surface area (Å²) in [6, 6.07) is 12.6. The first-order valence-electron chi connectivity index (χ1n) is 16.1. The van der Waals surface area contributed by atoms with Crippen LogP contribution in [-0.2, 0) is 22.5 Å². The number of hydrogen-bond acceptors (Lipinski definition) is 11. The molecular weight excluding hydrogens is 705 g/mol. The van der Waals surface area contributed by atoms with E-state index in [0.717, 1.165) is 42.0 Å². The van der Waals surface area contributed by atoms with Crippen LogP contribution in [0.25, 0.3) is 0 Å². The van der Waals surface area contributed by atoms with E-state index in [2.05, 4.69) is 10.2 Å². The van der Waals surface area contributed by atoms with Gasteiger partial charge in [0.1, 0.15) is 27.9 Å². The maximum atomic E-state index is 13.7. The monoisotopic (exact) mass is 741 g/mol. The zero-order chi connectivity index (χ0) is 35.5. The van der Waals surface area contributed by atoms with Crippen LogP contribution in [0.4, 0.5) is 0 Å². The van der Waals surface area contributed by atoms with Crippen LogP contribution in [0.2, 0.25) is 10.0 Å². The maximum Gasteiger partial charge on any atom is 0.328 e. The minimum absolute atomic E-state index is 0.00490. The first-order chi connectivity index (χ1) is 24.0. The number of pyridine rings is 1. The number of phenolic OH excluding ortho intramolecular Hbond substituents is 1. The average molecular weight is 743 g/mol. The number of aromatic nitrogens is 1. The fraction of sp³-hybridized carbons (Fsp3) is 0.361. The Kier molecular flexibility index (Phi) is 11.0. The third kappa shape index (κ3) is 7.79. The van der Waals surface area contributed by atoms with E-state index < -0.39 is 23.9 Å². The molecule has 14 heteroatoms. The largest absolute Gasteiger partial charge is 0.544 e. The van der Waals surface area contributed by atoms with Crippen molar-refractivity contribution in [2.24, 2.45) is 5.92 Å². The second-order valence-electron chi connectivity index (χ2n) is 12.5. The molecular formula is C36H37Cl2N3O8S. The van der Waals surface area contributed by atoms with Crippen LogP contribution in [-0.4, -0.2) is 67.1 Å². The number of nitrogens with zero attached hydrogens (tertiary/aromatic N) is 2. The van der Waals surface area contributed by atoms with E-state index in [-0.39, 0.29) is 39.7 Å². The number of methoxy groups -OCH3 is 2. The van der Waals surface area contributed by atoms with Crippen molar-refractivity contribution in [3.05, 3.63) is 103 Å². The Morgan fingerprint density at radius 3 is 2.38 bits per heavy atom. The number of carboxylic acid groups (broad SMARTS) is 1. The number of aromatic hydroxyl groups is 1. The predicted molar refractivity (Wildman–Crippen MR) is 184 cm³/mol. The number of halogens is 2. The Labute approximate surface area is 303 Å². The lowest BCUT2D eigenvalue weighted by atomic mass is 9.85. The van der Waals surface area contributed by atoms with E-state index in [1.807, 2.05) is 0 Å². The number of hydrogen-bond donors (Lipinski definition) is 3. The minimum atomic E-state index is -1.37. The van der Waals surface area contributed by atoms with E-state index in [1.54, 1.807) is 36.4 Å². The first kappa shape index (κ1) is 35.7. The van der Waals surface area contributed by atoms with Crippen molar-refractivity contribution >= 4 is 46.5 Å². The zero-order valence-corrected chi connectivity index (χ0v) is 29.8. The van der Waals surface area contributed by atoms with Gasteiger partial charge in [-0.3, -0.25) is 15.4 Å². The number of rotatable bonds is 13. The number of aromatic carboxylic acids is 1. The van der Waals surface area contributed by atoms with Crippen molar-refractivity contribution in [1.29, 1.82) is 0 Å². The first-order valence-corrected chi connectivity index (χ1v) is 17.7. The number of carbonyl (C=O) groups excluding carboxylic acids is 2. The molecule has 3 fully saturated rings. The van der Waals surface area contributed by atoms with Gasteiger partial charge in [0, 0.05) is 34.2 Å². The Bertz CT molecular complexity index is 1860. The van der Waals surface area contributed by atoms with Crippen LogP contribution in [0, 0.1) is 5.92 Å². The molecule has 7 rings (SSSR count). The third-order valence-corrected chi connectivity index (χ3v) is 11.2. The van der Waals surface area contributed by atoms with Gasteiger partial charge in [0.2, 0.25) is 12.4 Å². The SMILES string of the molecule is COc1ccc([C@H](Cc2c(Cl)c[n+](O)cc2Cl)c2cc(CNC(C(=O)O[C@H]3CN4CCC3CC4)c3cccc(O)c3)sc2C(=O)[O-])cc1OC. The van der Waals surface area contributed by atoms with Crippen molar-refractivity contribution in [1.82, 2.24) is 10.2 Å². The van der Waals surface area contributed by atoms with Gasteiger partial charge in [-0.1, -0.05) is 41.4 Å². The number of carbonyl (C=O) groups is 2. The highest BCUT2D eigenvalue weighted by atomic mass is 35.5. The summed E-state index contributed by atoms with van der Waals surface area (Å²) in [5.41, 5.74) is 2.14. The standard InChI is InChI=1S/C36H37Cl2N3O8S/c1-47-30-7-6-21(13-31(30)48-2)25(15-27-28(37)17-41(46)18-29(27)38)26-14-24(50-34(26)35(43)44)16-39-33(22-4-3-5-23(42)12-22)36(45)49-32-19-40-10-8-20(32)9-11-40/h3-7,12-14,17-18,20,25,32-33,39H,8-11,15-16,19H2,1-2H3,(H2-,42,43,44,46)/t25-,32-,33?/m0/s1. The average Bonchev–Trinajstić information content (AvgIpc) is 3.52. The van der Waals surface area contributed by atoms with Crippen molar-refractivity contribution in [3.8, 4) is 17.2 Å². The lowest BCUT2D eigenvalue weighted by Crippen LogP contribution is -2.52. The number of ether oxygens (including phenoxy) is 3. The molecule has 4 aromatic rings. The summed E-state index contributed by atoms with van der Waals surface area (Å²) in [6.45, 7) is 2.81. The lowest BCUT2D eigenvalue weighted by molar-refractivity contribution is -0.904. The van der Waals surface area contributed by atoms with Crippen LogP contribution in [0.15, 0.2) is 60.9 Å². The topological polar surface area (TPSA) is 144 Å². The molecule has 3 N–H and O–H groups in total. The van der Waals surface area contributed by atoms with Gasteiger partial charge >= 0.3 is 5.97 Å². The molecule has 2 aromatic carbocycles. The molecule has 1 unspecified atom stereocenters. The van der Waals surface area contributed by atoms with Crippen molar-refractivity contribution in [3.63, 3.8) is 0 Å². The van der Waals surface area contributed by atoms with Crippen LogP contribution >= 0.6 is 34.5 Å². The van der Waals surface area contributed by atoms with E-state index >= 15 is 0 Å². The number of thiophene rings is 1. The normalized spacial score (nSPS) is 19.5. The molecule has 2 aromatic heterocycles. The van der Waals surface area contributed by atoms with E-state index in [1.165, 1.54) is 38.7 Å². The fourth-order valence-corrected chi connectivity index (χ4v) is 8.50. The number of benzene rings is 2. The summed E-state index contributed by atoms with van der Waals surface area (Å²) >= 11 is 14.1. The summed E-state index contributed by atoms with van der Waals surface area (Å²) in [7, 11) is 3.03.